The quantitative estimate of drug-likeness (QED) is 0.566. The number of hydrogen-bond acceptors (Lipinski definition) is 4. The van der Waals surface area contributed by atoms with Crippen LogP contribution in [0.2, 0.25) is 0 Å². The average Bonchev–Trinajstić information content (AvgIpc) is 3.06. The van der Waals surface area contributed by atoms with E-state index < -0.39 is 5.97 Å². The molecule has 1 aliphatic heterocycles. The molecule has 7 heteroatoms. The van der Waals surface area contributed by atoms with E-state index in [1.54, 1.807) is 13.0 Å². The highest BCUT2D eigenvalue weighted by molar-refractivity contribution is 6.04. The zero-order chi connectivity index (χ0) is 20.1. The molecule has 2 heterocycles. The van der Waals surface area contributed by atoms with Crippen molar-refractivity contribution in [2.45, 2.75) is 53.0 Å². The standard InChI is InChI=1S/C21H27FN4O2/c1-5-28-19(27)18-17(15-8-13(22)6-7-16(15)23-18)24-25-26-12-21(4)10-14(26)9-20(2,3)11-21/h6-8,14,23H,5,9-12H2,1-4H3/t14-,21-/m0/s1. The Balaban J connectivity index is 1.70. The number of carbonyl (C=O) groups is 1. The van der Waals surface area contributed by atoms with Crippen LogP contribution < -0.4 is 0 Å². The molecule has 0 unspecified atom stereocenters. The van der Waals surface area contributed by atoms with E-state index in [1.807, 2.05) is 5.01 Å². The van der Waals surface area contributed by atoms with Crippen molar-refractivity contribution in [1.29, 1.82) is 0 Å². The van der Waals surface area contributed by atoms with Crippen molar-refractivity contribution in [3.63, 3.8) is 0 Å². The molecule has 1 aliphatic carbocycles. The summed E-state index contributed by atoms with van der Waals surface area (Å²) in [7, 11) is 0. The summed E-state index contributed by atoms with van der Waals surface area (Å²) in [6.07, 6.45) is 3.33. The number of halogens is 1. The van der Waals surface area contributed by atoms with Crippen LogP contribution in [0.25, 0.3) is 10.9 Å². The van der Waals surface area contributed by atoms with Crippen LogP contribution in [0.15, 0.2) is 28.5 Å². The van der Waals surface area contributed by atoms with Crippen molar-refractivity contribution in [3.8, 4) is 0 Å². The normalized spacial score (nSPS) is 26.3. The predicted octanol–water partition coefficient (Wildman–Crippen LogP) is 5.38. The minimum absolute atomic E-state index is 0.208. The summed E-state index contributed by atoms with van der Waals surface area (Å²) < 4.78 is 18.9. The fourth-order valence-electron chi connectivity index (χ4n) is 5.24. The van der Waals surface area contributed by atoms with Gasteiger partial charge in [0, 0.05) is 23.5 Å². The van der Waals surface area contributed by atoms with Crippen LogP contribution in [0.1, 0.15) is 57.4 Å². The third-order valence-electron chi connectivity index (χ3n) is 5.86. The second-order valence-corrected chi connectivity index (χ2v) is 9.26. The molecule has 150 valence electrons. The first kappa shape index (κ1) is 18.9. The van der Waals surface area contributed by atoms with Crippen molar-refractivity contribution in [3.05, 3.63) is 29.7 Å². The molecular formula is C21H27FN4O2. The second-order valence-electron chi connectivity index (χ2n) is 9.26. The molecule has 2 fully saturated rings. The summed E-state index contributed by atoms with van der Waals surface area (Å²) in [5, 5.41) is 11.5. The van der Waals surface area contributed by atoms with Gasteiger partial charge in [-0.2, -0.15) is 0 Å². The van der Waals surface area contributed by atoms with Gasteiger partial charge in [0.05, 0.1) is 6.61 Å². The van der Waals surface area contributed by atoms with Crippen molar-refractivity contribution >= 4 is 22.6 Å². The Kier molecular flexibility index (Phi) is 4.43. The molecule has 1 saturated carbocycles. The molecule has 2 atom stereocenters. The lowest BCUT2D eigenvalue weighted by atomic mass is 9.65. The number of H-pyrrole nitrogens is 1. The highest BCUT2D eigenvalue weighted by atomic mass is 19.1. The Morgan fingerprint density at radius 1 is 1.36 bits per heavy atom. The summed E-state index contributed by atoms with van der Waals surface area (Å²) in [6, 6.07) is 4.65. The molecule has 6 nitrogen and oxygen atoms in total. The van der Waals surface area contributed by atoms with Gasteiger partial charge >= 0.3 is 5.97 Å². The highest BCUT2D eigenvalue weighted by Gasteiger charge is 2.49. The van der Waals surface area contributed by atoms with Gasteiger partial charge in [0.25, 0.3) is 0 Å². The first-order valence-corrected chi connectivity index (χ1v) is 9.86. The number of aromatic amines is 1. The van der Waals surface area contributed by atoms with Crippen LogP contribution in [-0.2, 0) is 4.74 Å². The monoisotopic (exact) mass is 386 g/mol. The SMILES string of the molecule is CCOC(=O)c1[nH]c2ccc(F)cc2c1N=NN1C[C@@]2(C)C[C@@H]1CC(C)(C)C2. The summed E-state index contributed by atoms with van der Waals surface area (Å²) >= 11 is 0. The third kappa shape index (κ3) is 3.38. The number of benzene rings is 1. The predicted molar refractivity (Wildman–Crippen MR) is 105 cm³/mol. The van der Waals surface area contributed by atoms with Gasteiger partial charge in [-0.05, 0) is 55.2 Å². The third-order valence-corrected chi connectivity index (χ3v) is 5.86. The molecule has 4 rings (SSSR count). The Labute approximate surface area is 164 Å². The molecular weight excluding hydrogens is 359 g/mol. The van der Waals surface area contributed by atoms with Gasteiger partial charge in [0.2, 0.25) is 0 Å². The largest absolute Gasteiger partial charge is 0.461 e. The van der Waals surface area contributed by atoms with E-state index in [0.717, 1.165) is 25.8 Å². The van der Waals surface area contributed by atoms with Crippen LogP contribution in [0, 0.1) is 16.6 Å². The molecule has 1 aromatic carbocycles. The van der Waals surface area contributed by atoms with Gasteiger partial charge < -0.3 is 9.72 Å². The van der Waals surface area contributed by atoms with E-state index in [9.17, 15) is 9.18 Å². The van der Waals surface area contributed by atoms with Crippen LogP contribution in [0.4, 0.5) is 10.1 Å². The van der Waals surface area contributed by atoms with E-state index in [2.05, 4.69) is 36.1 Å². The maximum absolute atomic E-state index is 13.8. The van der Waals surface area contributed by atoms with E-state index in [-0.39, 0.29) is 28.9 Å². The van der Waals surface area contributed by atoms with E-state index >= 15 is 0 Å². The number of nitrogens with zero attached hydrogens (tertiary/aromatic N) is 3. The number of rotatable bonds is 4. The smallest absolute Gasteiger partial charge is 0.357 e. The number of carbonyl (C=O) groups excluding carboxylic acids is 1. The molecule has 0 spiro atoms. The molecule has 2 aromatic rings. The number of hydrogen-bond donors (Lipinski definition) is 1. The van der Waals surface area contributed by atoms with Gasteiger partial charge in [-0.3, -0.25) is 5.01 Å². The number of ether oxygens (including phenoxy) is 1. The Hall–Kier alpha value is -2.44. The maximum atomic E-state index is 13.8. The lowest BCUT2D eigenvalue weighted by Crippen LogP contribution is -2.33. The highest BCUT2D eigenvalue weighted by Crippen LogP contribution is 2.52. The number of fused-ring (bicyclic) bond motifs is 3. The molecule has 1 aromatic heterocycles. The average molecular weight is 386 g/mol. The van der Waals surface area contributed by atoms with Crippen molar-refractivity contribution in [2.75, 3.05) is 13.2 Å². The lowest BCUT2D eigenvalue weighted by molar-refractivity contribution is 0.0521. The van der Waals surface area contributed by atoms with Crippen molar-refractivity contribution in [1.82, 2.24) is 9.99 Å². The van der Waals surface area contributed by atoms with E-state index in [0.29, 0.717) is 22.6 Å². The molecule has 28 heavy (non-hydrogen) atoms. The Morgan fingerprint density at radius 2 is 2.14 bits per heavy atom. The zero-order valence-electron chi connectivity index (χ0n) is 16.9. The van der Waals surface area contributed by atoms with Gasteiger partial charge in [0.15, 0.2) is 5.69 Å². The van der Waals surface area contributed by atoms with Gasteiger partial charge in [0.1, 0.15) is 11.5 Å². The van der Waals surface area contributed by atoms with Crippen molar-refractivity contribution in [2.24, 2.45) is 21.2 Å². The summed E-state index contributed by atoms with van der Waals surface area (Å²) in [5.41, 5.74) is 1.68. The molecule has 0 amide bonds. The summed E-state index contributed by atoms with van der Waals surface area (Å²) in [5.74, 6) is -0.897. The molecule has 1 N–H and O–H groups in total. The topological polar surface area (TPSA) is 70.0 Å². The minimum Gasteiger partial charge on any atom is -0.461 e. The summed E-state index contributed by atoms with van der Waals surface area (Å²) in [4.78, 5) is 15.4. The van der Waals surface area contributed by atoms with Crippen molar-refractivity contribution < 1.29 is 13.9 Å². The second kappa shape index (κ2) is 6.57. The van der Waals surface area contributed by atoms with Gasteiger partial charge in [-0.15, -0.1) is 5.11 Å². The van der Waals surface area contributed by atoms with Crippen LogP contribution in [-0.4, -0.2) is 35.2 Å². The first-order chi connectivity index (χ1) is 13.2. The maximum Gasteiger partial charge on any atom is 0.357 e. The van der Waals surface area contributed by atoms with Gasteiger partial charge in [-0.25, -0.2) is 9.18 Å². The fourth-order valence-corrected chi connectivity index (χ4v) is 5.24. The molecule has 1 saturated heterocycles. The fraction of sp³-hybridized carbons (Fsp3) is 0.571. The van der Waals surface area contributed by atoms with E-state index in [1.165, 1.54) is 12.1 Å². The number of esters is 1. The van der Waals surface area contributed by atoms with Crippen LogP contribution in [0.5, 0.6) is 0 Å². The molecule has 2 aliphatic rings. The van der Waals surface area contributed by atoms with Crippen LogP contribution in [0.3, 0.4) is 0 Å². The summed E-state index contributed by atoms with van der Waals surface area (Å²) in [6.45, 7) is 9.76. The Morgan fingerprint density at radius 3 is 2.89 bits per heavy atom. The Bertz CT molecular complexity index is 951. The molecule has 2 bridgehead atoms. The number of aromatic nitrogens is 1. The van der Waals surface area contributed by atoms with Gasteiger partial charge in [-0.1, -0.05) is 26.0 Å². The first-order valence-electron chi connectivity index (χ1n) is 9.86. The van der Waals surface area contributed by atoms with E-state index in [4.69, 9.17) is 4.74 Å². The molecule has 0 radical (unpaired) electrons. The number of nitrogens with one attached hydrogen (secondary N) is 1. The zero-order valence-corrected chi connectivity index (χ0v) is 16.9. The minimum atomic E-state index is -0.513. The van der Waals surface area contributed by atoms with Crippen LogP contribution >= 0.6 is 0 Å². The lowest BCUT2D eigenvalue weighted by Gasteiger charge is -2.39.